The zero-order valence-corrected chi connectivity index (χ0v) is 13.2. The number of hydrogen-bond donors (Lipinski definition) is 0. The molecule has 6 heteroatoms. The highest BCUT2D eigenvalue weighted by atomic mass is 16.3. The third-order valence-electron chi connectivity index (χ3n) is 4.70. The minimum atomic E-state index is -0.166. The van der Waals surface area contributed by atoms with E-state index in [1.54, 1.807) is 18.1 Å². The molecule has 6 nitrogen and oxygen atoms in total. The van der Waals surface area contributed by atoms with Crippen LogP contribution in [0.3, 0.4) is 0 Å². The Hall–Kier alpha value is -1.82. The average Bonchev–Trinajstić information content (AvgIpc) is 2.98. The van der Waals surface area contributed by atoms with Crippen molar-refractivity contribution in [2.45, 2.75) is 19.9 Å². The SMILES string of the molecule is CC(=O)N1CCN(Cc2ccco2)C[C@@]2(CC(=O)N(C)C2)C1. The molecule has 0 aliphatic carbocycles. The molecule has 2 fully saturated rings. The van der Waals surface area contributed by atoms with E-state index in [2.05, 4.69) is 4.90 Å². The summed E-state index contributed by atoms with van der Waals surface area (Å²) in [5, 5.41) is 0. The van der Waals surface area contributed by atoms with Crippen molar-refractivity contribution in [2.24, 2.45) is 5.41 Å². The van der Waals surface area contributed by atoms with Gasteiger partial charge in [-0.3, -0.25) is 14.5 Å². The van der Waals surface area contributed by atoms with Gasteiger partial charge in [0, 0.05) is 58.5 Å². The highest BCUT2D eigenvalue weighted by Gasteiger charge is 2.45. The van der Waals surface area contributed by atoms with Gasteiger partial charge in [0.2, 0.25) is 11.8 Å². The number of carbonyl (C=O) groups excluding carboxylic acids is 2. The fraction of sp³-hybridized carbons (Fsp3) is 0.625. The topological polar surface area (TPSA) is 57.0 Å². The normalized spacial score (nSPS) is 26.7. The Balaban J connectivity index is 1.80. The summed E-state index contributed by atoms with van der Waals surface area (Å²) in [6.45, 7) is 6.02. The summed E-state index contributed by atoms with van der Waals surface area (Å²) in [6.07, 6.45) is 2.19. The van der Waals surface area contributed by atoms with Gasteiger partial charge in [0.15, 0.2) is 0 Å². The number of nitrogens with zero attached hydrogens (tertiary/aromatic N) is 3. The monoisotopic (exact) mass is 305 g/mol. The Morgan fingerprint density at radius 3 is 2.73 bits per heavy atom. The molecule has 0 radical (unpaired) electrons. The van der Waals surface area contributed by atoms with Gasteiger partial charge in [0.25, 0.3) is 0 Å². The van der Waals surface area contributed by atoms with E-state index in [-0.39, 0.29) is 17.2 Å². The van der Waals surface area contributed by atoms with E-state index < -0.39 is 0 Å². The maximum atomic E-state index is 12.0. The fourth-order valence-corrected chi connectivity index (χ4v) is 3.69. The van der Waals surface area contributed by atoms with Crippen LogP contribution < -0.4 is 0 Å². The second-order valence-corrected chi connectivity index (χ2v) is 6.66. The summed E-state index contributed by atoms with van der Waals surface area (Å²) >= 11 is 0. The molecule has 2 saturated heterocycles. The summed E-state index contributed by atoms with van der Waals surface area (Å²) in [4.78, 5) is 29.9. The van der Waals surface area contributed by atoms with E-state index in [4.69, 9.17) is 4.42 Å². The highest BCUT2D eigenvalue weighted by molar-refractivity contribution is 5.79. The van der Waals surface area contributed by atoms with Crippen molar-refractivity contribution < 1.29 is 14.0 Å². The van der Waals surface area contributed by atoms with Crippen LogP contribution in [-0.4, -0.2) is 66.3 Å². The molecule has 0 N–H and O–H groups in total. The lowest BCUT2D eigenvalue weighted by Crippen LogP contribution is -2.43. The number of carbonyl (C=O) groups is 2. The lowest BCUT2D eigenvalue weighted by molar-refractivity contribution is -0.130. The Morgan fingerprint density at radius 2 is 2.14 bits per heavy atom. The maximum Gasteiger partial charge on any atom is 0.223 e. The second kappa shape index (κ2) is 5.76. The molecule has 3 heterocycles. The molecular weight excluding hydrogens is 282 g/mol. The molecule has 0 unspecified atom stereocenters. The van der Waals surface area contributed by atoms with Crippen molar-refractivity contribution in [3.8, 4) is 0 Å². The van der Waals surface area contributed by atoms with Gasteiger partial charge in [-0.2, -0.15) is 0 Å². The summed E-state index contributed by atoms with van der Waals surface area (Å²) in [6, 6.07) is 3.85. The van der Waals surface area contributed by atoms with Gasteiger partial charge in [0.05, 0.1) is 12.8 Å². The van der Waals surface area contributed by atoms with E-state index in [9.17, 15) is 9.59 Å². The quantitative estimate of drug-likeness (QED) is 0.811. The molecule has 0 aromatic carbocycles. The standard InChI is InChI=1S/C16H23N3O3/c1-13(20)19-6-5-18(9-14-4-3-7-22-14)11-16(12-19)8-15(21)17(2)10-16/h3-4,7H,5-6,8-12H2,1-2H3/t16-/m0/s1. The molecule has 0 bridgehead atoms. The van der Waals surface area contributed by atoms with Crippen LogP contribution in [0.5, 0.6) is 0 Å². The summed E-state index contributed by atoms with van der Waals surface area (Å²) < 4.78 is 5.45. The fourth-order valence-electron chi connectivity index (χ4n) is 3.69. The smallest absolute Gasteiger partial charge is 0.223 e. The van der Waals surface area contributed by atoms with Gasteiger partial charge in [-0.15, -0.1) is 0 Å². The van der Waals surface area contributed by atoms with Gasteiger partial charge >= 0.3 is 0 Å². The molecule has 3 rings (SSSR count). The van der Waals surface area contributed by atoms with Crippen molar-refractivity contribution in [3.05, 3.63) is 24.2 Å². The van der Waals surface area contributed by atoms with Gasteiger partial charge in [-0.1, -0.05) is 0 Å². The number of furan rings is 1. The molecule has 120 valence electrons. The van der Waals surface area contributed by atoms with E-state index in [1.807, 2.05) is 24.1 Å². The maximum absolute atomic E-state index is 12.0. The van der Waals surface area contributed by atoms with Crippen LogP contribution in [0.4, 0.5) is 0 Å². The summed E-state index contributed by atoms with van der Waals surface area (Å²) in [5.41, 5.74) is -0.166. The Bertz CT molecular complexity index is 557. The van der Waals surface area contributed by atoms with E-state index in [0.29, 0.717) is 26.1 Å². The highest BCUT2D eigenvalue weighted by Crippen LogP contribution is 2.34. The van der Waals surface area contributed by atoms with Crippen LogP contribution in [-0.2, 0) is 16.1 Å². The molecule has 0 saturated carbocycles. The van der Waals surface area contributed by atoms with Gasteiger partial charge in [-0.05, 0) is 12.1 Å². The lowest BCUT2D eigenvalue weighted by atomic mass is 9.86. The van der Waals surface area contributed by atoms with Gasteiger partial charge in [-0.25, -0.2) is 0 Å². The molecule has 1 aromatic rings. The van der Waals surface area contributed by atoms with Crippen LogP contribution in [0.15, 0.2) is 22.8 Å². The minimum absolute atomic E-state index is 0.0845. The molecule has 2 aliphatic rings. The molecular formula is C16H23N3O3. The van der Waals surface area contributed by atoms with Crippen molar-refractivity contribution in [3.63, 3.8) is 0 Å². The third kappa shape index (κ3) is 3.02. The Labute approximate surface area is 130 Å². The lowest BCUT2D eigenvalue weighted by Gasteiger charge is -2.33. The largest absolute Gasteiger partial charge is 0.468 e. The van der Waals surface area contributed by atoms with E-state index in [1.165, 1.54) is 0 Å². The summed E-state index contributed by atoms with van der Waals surface area (Å²) in [7, 11) is 1.84. The van der Waals surface area contributed by atoms with Crippen LogP contribution in [0.25, 0.3) is 0 Å². The second-order valence-electron chi connectivity index (χ2n) is 6.66. The molecule has 1 spiro atoms. The van der Waals surface area contributed by atoms with Gasteiger partial charge < -0.3 is 14.2 Å². The minimum Gasteiger partial charge on any atom is -0.468 e. The van der Waals surface area contributed by atoms with Crippen molar-refractivity contribution in [1.29, 1.82) is 0 Å². The predicted octanol–water partition coefficient (Wildman–Crippen LogP) is 0.792. The van der Waals surface area contributed by atoms with Crippen LogP contribution in [0.1, 0.15) is 19.1 Å². The zero-order chi connectivity index (χ0) is 15.7. The molecule has 1 atom stereocenters. The van der Waals surface area contributed by atoms with Crippen molar-refractivity contribution >= 4 is 11.8 Å². The molecule has 2 amide bonds. The first-order valence-corrected chi connectivity index (χ1v) is 7.72. The predicted molar refractivity (Wildman–Crippen MR) is 80.9 cm³/mol. The zero-order valence-electron chi connectivity index (χ0n) is 13.2. The first-order valence-electron chi connectivity index (χ1n) is 7.72. The van der Waals surface area contributed by atoms with E-state index in [0.717, 1.165) is 25.4 Å². The van der Waals surface area contributed by atoms with Gasteiger partial charge in [0.1, 0.15) is 5.76 Å². The number of likely N-dealkylation sites (tertiary alicyclic amines) is 1. The average molecular weight is 305 g/mol. The Morgan fingerprint density at radius 1 is 1.32 bits per heavy atom. The summed E-state index contributed by atoms with van der Waals surface area (Å²) in [5.74, 6) is 1.17. The first kappa shape index (κ1) is 15.1. The molecule has 1 aromatic heterocycles. The number of amides is 2. The van der Waals surface area contributed by atoms with Crippen LogP contribution in [0, 0.1) is 5.41 Å². The molecule has 22 heavy (non-hydrogen) atoms. The van der Waals surface area contributed by atoms with Crippen LogP contribution in [0.2, 0.25) is 0 Å². The number of hydrogen-bond acceptors (Lipinski definition) is 4. The first-order chi connectivity index (χ1) is 10.5. The van der Waals surface area contributed by atoms with Crippen molar-refractivity contribution in [2.75, 3.05) is 39.8 Å². The molecule has 2 aliphatic heterocycles. The number of rotatable bonds is 2. The third-order valence-corrected chi connectivity index (χ3v) is 4.70. The van der Waals surface area contributed by atoms with E-state index >= 15 is 0 Å². The Kier molecular flexibility index (Phi) is 3.95. The van der Waals surface area contributed by atoms with Crippen LogP contribution >= 0.6 is 0 Å². The van der Waals surface area contributed by atoms with Crippen molar-refractivity contribution in [1.82, 2.24) is 14.7 Å².